The van der Waals surface area contributed by atoms with Crippen molar-refractivity contribution in [2.75, 3.05) is 53.7 Å². The van der Waals surface area contributed by atoms with E-state index in [1.807, 2.05) is 76.2 Å². The monoisotopic (exact) mass is 794 g/mol. The predicted octanol–water partition coefficient (Wildman–Crippen LogP) is 4.43. The second-order valence-corrected chi connectivity index (χ2v) is 14.7. The Labute approximate surface area is 337 Å². The first-order chi connectivity index (χ1) is 28.0. The van der Waals surface area contributed by atoms with Crippen molar-refractivity contribution in [3.8, 4) is 34.4 Å². The summed E-state index contributed by atoms with van der Waals surface area (Å²) in [7, 11) is 2.54. The molecule has 58 heavy (non-hydrogen) atoms. The standard InChI is InChI=1S/C42H50N8O8/c1-25(2)35(47-41(53)55-5)39(51)49-17-19-57-23-33(49)37-43-21-31(45-37)29-13-9-27(10-14-29)7-8-28-11-15-30(16-12-28)32-22-44-38(46-32)34-24-58-20-18-50(34)40(52)36(26(3)4)48-42(54)56-6/h9-16,21-22,25-26,33-36H,17-20,23-24H2,1-6H3,(H,43,45)(H,44,46)(H,47,53)(H,48,54)/t33-,34-,35+,36+/m1/s1. The molecule has 306 valence electrons. The summed E-state index contributed by atoms with van der Waals surface area (Å²) in [6.07, 6.45) is 2.14. The van der Waals surface area contributed by atoms with E-state index in [2.05, 4.69) is 42.4 Å². The summed E-state index contributed by atoms with van der Waals surface area (Å²) >= 11 is 0. The van der Waals surface area contributed by atoms with Crippen molar-refractivity contribution in [1.82, 2.24) is 40.4 Å². The number of nitrogens with one attached hydrogen (secondary N) is 4. The topological polar surface area (TPSA) is 193 Å². The maximum atomic E-state index is 13.6. The molecule has 16 nitrogen and oxygen atoms in total. The van der Waals surface area contributed by atoms with Crippen LogP contribution in [0.5, 0.6) is 0 Å². The van der Waals surface area contributed by atoms with Gasteiger partial charge in [-0.05, 0) is 47.2 Å². The minimum Gasteiger partial charge on any atom is -0.453 e. The lowest BCUT2D eigenvalue weighted by atomic mass is 10.0. The highest BCUT2D eigenvalue weighted by Crippen LogP contribution is 2.29. The number of carbonyl (C=O) groups excluding carboxylic acids is 4. The van der Waals surface area contributed by atoms with E-state index in [1.165, 1.54) is 14.2 Å². The van der Waals surface area contributed by atoms with Gasteiger partial charge in [0.2, 0.25) is 11.8 Å². The van der Waals surface area contributed by atoms with E-state index in [0.717, 1.165) is 33.6 Å². The molecule has 2 fully saturated rings. The fraction of sp³-hybridized carbons (Fsp3) is 0.429. The number of carbonyl (C=O) groups is 4. The number of aromatic nitrogens is 4. The van der Waals surface area contributed by atoms with Gasteiger partial charge in [-0.3, -0.25) is 9.59 Å². The molecule has 4 heterocycles. The quantitative estimate of drug-likeness (QED) is 0.167. The number of methoxy groups -OCH3 is 2. The summed E-state index contributed by atoms with van der Waals surface area (Å²) in [5.74, 6) is 6.88. The summed E-state index contributed by atoms with van der Waals surface area (Å²) in [5, 5.41) is 5.33. The number of alkyl carbamates (subject to hydrolysis) is 2. The van der Waals surface area contributed by atoms with Crippen molar-refractivity contribution in [1.29, 1.82) is 0 Å². The molecule has 0 saturated carbocycles. The number of amides is 4. The molecule has 2 aromatic heterocycles. The van der Waals surface area contributed by atoms with Gasteiger partial charge in [0.15, 0.2) is 0 Å². The first kappa shape index (κ1) is 41.5. The fourth-order valence-electron chi connectivity index (χ4n) is 6.86. The van der Waals surface area contributed by atoms with Crippen LogP contribution in [0.3, 0.4) is 0 Å². The number of aromatic amines is 2. The Morgan fingerprint density at radius 1 is 0.672 bits per heavy atom. The van der Waals surface area contributed by atoms with Gasteiger partial charge in [-0.15, -0.1) is 0 Å². The molecule has 2 aromatic carbocycles. The predicted molar refractivity (Wildman–Crippen MR) is 213 cm³/mol. The lowest BCUT2D eigenvalue weighted by Crippen LogP contribution is -2.54. The molecule has 4 N–H and O–H groups in total. The van der Waals surface area contributed by atoms with E-state index in [0.29, 0.717) is 38.0 Å². The molecule has 16 heteroatoms. The second kappa shape index (κ2) is 18.8. The lowest BCUT2D eigenvalue weighted by Gasteiger charge is -2.37. The highest BCUT2D eigenvalue weighted by Gasteiger charge is 2.38. The smallest absolute Gasteiger partial charge is 0.407 e. The van der Waals surface area contributed by atoms with E-state index in [1.54, 1.807) is 22.2 Å². The molecule has 2 aliphatic heterocycles. The number of H-pyrrole nitrogens is 2. The van der Waals surface area contributed by atoms with Crippen molar-refractivity contribution >= 4 is 24.0 Å². The number of morpholine rings is 2. The number of imidazole rings is 2. The zero-order valence-electron chi connectivity index (χ0n) is 33.5. The van der Waals surface area contributed by atoms with Crippen LogP contribution in [0.15, 0.2) is 60.9 Å². The second-order valence-electron chi connectivity index (χ2n) is 14.7. The van der Waals surface area contributed by atoms with Gasteiger partial charge in [-0.2, -0.15) is 0 Å². The van der Waals surface area contributed by atoms with Crippen LogP contribution in [0.1, 0.15) is 62.6 Å². The molecule has 2 saturated heterocycles. The molecular weight excluding hydrogens is 745 g/mol. The number of benzene rings is 2. The minimum absolute atomic E-state index is 0.154. The molecule has 0 bridgehead atoms. The van der Waals surface area contributed by atoms with E-state index >= 15 is 0 Å². The lowest BCUT2D eigenvalue weighted by molar-refractivity contribution is -0.144. The fourth-order valence-corrected chi connectivity index (χ4v) is 6.86. The Kier molecular flexibility index (Phi) is 13.5. The van der Waals surface area contributed by atoms with Crippen LogP contribution in [0.4, 0.5) is 9.59 Å². The van der Waals surface area contributed by atoms with Crippen molar-refractivity contribution in [2.45, 2.75) is 51.9 Å². The van der Waals surface area contributed by atoms with Crippen molar-refractivity contribution in [3.05, 3.63) is 83.7 Å². The van der Waals surface area contributed by atoms with E-state index in [9.17, 15) is 19.2 Å². The third kappa shape index (κ3) is 9.67. The molecule has 4 amide bonds. The summed E-state index contributed by atoms with van der Waals surface area (Å²) in [6.45, 7) is 9.52. The number of nitrogens with zero attached hydrogens (tertiary/aromatic N) is 4. The van der Waals surface area contributed by atoms with Crippen LogP contribution in [0, 0.1) is 23.7 Å². The normalized spacial score (nSPS) is 17.9. The zero-order valence-corrected chi connectivity index (χ0v) is 33.5. The molecule has 0 spiro atoms. The van der Waals surface area contributed by atoms with E-state index in [-0.39, 0.29) is 36.9 Å². The van der Waals surface area contributed by atoms with Gasteiger partial charge in [0.25, 0.3) is 0 Å². The third-order valence-electron chi connectivity index (χ3n) is 10.2. The first-order valence-corrected chi connectivity index (χ1v) is 19.3. The molecule has 6 rings (SSSR count). The third-order valence-corrected chi connectivity index (χ3v) is 10.2. The number of hydrogen-bond acceptors (Lipinski definition) is 10. The van der Waals surface area contributed by atoms with Gasteiger partial charge in [0.1, 0.15) is 35.8 Å². The maximum absolute atomic E-state index is 13.6. The van der Waals surface area contributed by atoms with Gasteiger partial charge in [0.05, 0.1) is 64.4 Å². The molecule has 2 aliphatic rings. The molecular formula is C42H50N8O8. The summed E-state index contributed by atoms with van der Waals surface area (Å²) in [5.41, 5.74) is 5.03. The van der Waals surface area contributed by atoms with Crippen molar-refractivity contribution in [3.63, 3.8) is 0 Å². The Hall–Kier alpha value is -6.18. The average molecular weight is 795 g/mol. The van der Waals surface area contributed by atoms with Crippen LogP contribution < -0.4 is 10.6 Å². The molecule has 0 unspecified atom stereocenters. The maximum Gasteiger partial charge on any atom is 0.407 e. The summed E-state index contributed by atoms with van der Waals surface area (Å²) < 4.78 is 20.9. The van der Waals surface area contributed by atoms with Gasteiger partial charge in [0, 0.05) is 24.2 Å². The minimum atomic E-state index is -0.754. The summed E-state index contributed by atoms with van der Waals surface area (Å²) in [4.78, 5) is 70.4. The Balaban J connectivity index is 1.09. The van der Waals surface area contributed by atoms with Crippen LogP contribution in [0.2, 0.25) is 0 Å². The Morgan fingerprint density at radius 2 is 1.05 bits per heavy atom. The van der Waals surface area contributed by atoms with E-state index in [4.69, 9.17) is 18.9 Å². The molecule has 4 atom stereocenters. The molecule has 0 aliphatic carbocycles. The molecule has 4 aromatic rings. The van der Waals surface area contributed by atoms with Crippen LogP contribution in [-0.2, 0) is 28.5 Å². The Morgan fingerprint density at radius 3 is 1.40 bits per heavy atom. The highest BCUT2D eigenvalue weighted by molar-refractivity contribution is 5.87. The average Bonchev–Trinajstić information content (AvgIpc) is 3.95. The number of hydrogen-bond donors (Lipinski definition) is 4. The zero-order chi connectivity index (χ0) is 41.3. The van der Waals surface area contributed by atoms with Gasteiger partial charge in [-0.25, -0.2) is 19.6 Å². The molecule has 0 radical (unpaired) electrons. The van der Waals surface area contributed by atoms with Crippen molar-refractivity contribution < 1.29 is 38.1 Å². The number of ether oxygens (including phenoxy) is 4. The van der Waals surface area contributed by atoms with Crippen LogP contribution in [0.25, 0.3) is 22.5 Å². The van der Waals surface area contributed by atoms with Crippen LogP contribution in [-0.4, -0.2) is 120 Å². The largest absolute Gasteiger partial charge is 0.453 e. The first-order valence-electron chi connectivity index (χ1n) is 19.3. The van der Waals surface area contributed by atoms with Crippen LogP contribution >= 0.6 is 0 Å². The van der Waals surface area contributed by atoms with Gasteiger partial charge in [-0.1, -0.05) is 63.8 Å². The van der Waals surface area contributed by atoms with E-state index < -0.39 is 36.4 Å². The Bertz CT molecular complexity index is 1970. The van der Waals surface area contributed by atoms with Gasteiger partial charge >= 0.3 is 12.2 Å². The number of rotatable bonds is 10. The summed E-state index contributed by atoms with van der Waals surface area (Å²) in [6, 6.07) is 13.2. The van der Waals surface area contributed by atoms with Crippen molar-refractivity contribution in [2.24, 2.45) is 11.8 Å². The van der Waals surface area contributed by atoms with Gasteiger partial charge < -0.3 is 49.3 Å². The SMILES string of the molecule is COC(=O)N[C@H](C(=O)N1CCOC[C@@H]1c1ncc(-c2ccc(C#Cc3ccc(-c4cnc([C@H]5COCCN5C(=O)[C@@H](NC(=O)OC)C(C)C)[nH]4)cc3)cc2)[nH]1)C(C)C. The highest BCUT2D eigenvalue weighted by atomic mass is 16.5.